The normalized spacial score (nSPS) is 17.1. The summed E-state index contributed by atoms with van der Waals surface area (Å²) in [6.07, 6.45) is -3.80. The van der Waals surface area contributed by atoms with Gasteiger partial charge in [-0.2, -0.15) is 13.2 Å². The van der Waals surface area contributed by atoms with Gasteiger partial charge in [-0.1, -0.05) is 23.7 Å². The topological polar surface area (TPSA) is 89.1 Å². The molecule has 0 saturated heterocycles. The molecule has 4 rings (SSSR count). The zero-order valence-corrected chi connectivity index (χ0v) is 17.8. The van der Waals surface area contributed by atoms with Gasteiger partial charge in [-0.15, -0.1) is 0 Å². The van der Waals surface area contributed by atoms with Gasteiger partial charge in [0.05, 0.1) is 16.4 Å². The summed E-state index contributed by atoms with van der Waals surface area (Å²) in [5, 5.41) is 3.72. The van der Waals surface area contributed by atoms with Crippen molar-refractivity contribution >= 4 is 34.7 Å². The van der Waals surface area contributed by atoms with Gasteiger partial charge in [0.15, 0.2) is 23.9 Å². The maximum absolute atomic E-state index is 13.3. The highest BCUT2D eigenvalue weighted by Crippen LogP contribution is 2.37. The molecule has 1 atom stereocenters. The second-order valence-corrected chi connectivity index (χ2v) is 7.49. The number of nitrogens with one attached hydrogen (secondary N) is 2. The van der Waals surface area contributed by atoms with E-state index in [0.717, 1.165) is 11.1 Å². The molecule has 12 heteroatoms. The zero-order valence-electron chi connectivity index (χ0n) is 17.0. The standard InChI is InChI=1S/C21H17ClF3N3O5/c1-11(29)12-6-16-17(33-10-32-16)7-14(12)26-19(30)9-31-20-8-18(21(23,24)25)27-28(20)15-5-3-2-4-13(15)22/h2-8,18,27H,9-10H2,1H3,(H,26,30). The Morgan fingerprint density at radius 3 is 2.61 bits per heavy atom. The van der Waals surface area contributed by atoms with Gasteiger partial charge >= 0.3 is 6.18 Å². The quantitative estimate of drug-likeness (QED) is 0.600. The predicted molar refractivity (Wildman–Crippen MR) is 112 cm³/mol. The molecule has 0 fully saturated rings. The lowest BCUT2D eigenvalue weighted by Crippen LogP contribution is -2.45. The SMILES string of the molecule is CC(=O)c1cc2c(cc1NC(=O)COC1=CC(C(F)(F)F)NN1c1ccccc1Cl)OCO2. The number of halogens is 4. The summed E-state index contributed by atoms with van der Waals surface area (Å²) in [5.74, 6) is -0.572. The average molecular weight is 484 g/mol. The van der Waals surface area contributed by atoms with Crippen molar-refractivity contribution in [2.45, 2.75) is 19.1 Å². The third-order valence-corrected chi connectivity index (χ3v) is 5.08. The molecule has 174 valence electrons. The molecule has 2 aliphatic rings. The number of fused-ring (bicyclic) bond motifs is 1. The molecule has 2 aliphatic heterocycles. The molecule has 0 aromatic heterocycles. The molecule has 1 unspecified atom stereocenters. The Morgan fingerprint density at radius 1 is 1.24 bits per heavy atom. The first kappa shape index (κ1) is 22.7. The van der Waals surface area contributed by atoms with Crippen LogP contribution in [0.15, 0.2) is 48.4 Å². The first-order valence-corrected chi connectivity index (χ1v) is 9.98. The van der Waals surface area contributed by atoms with Gasteiger partial charge in [-0.05, 0) is 25.1 Å². The Morgan fingerprint density at radius 2 is 1.94 bits per heavy atom. The molecular weight excluding hydrogens is 467 g/mol. The minimum absolute atomic E-state index is 0.0212. The largest absolute Gasteiger partial charge is 0.468 e. The number of rotatable bonds is 6. The van der Waals surface area contributed by atoms with E-state index in [1.54, 1.807) is 12.1 Å². The van der Waals surface area contributed by atoms with Crippen molar-refractivity contribution in [3.05, 3.63) is 58.9 Å². The van der Waals surface area contributed by atoms with E-state index in [0.29, 0.717) is 11.5 Å². The lowest BCUT2D eigenvalue weighted by atomic mass is 10.1. The van der Waals surface area contributed by atoms with Crippen molar-refractivity contribution in [2.24, 2.45) is 0 Å². The van der Waals surface area contributed by atoms with Gasteiger partial charge in [0.25, 0.3) is 5.91 Å². The summed E-state index contributed by atoms with van der Waals surface area (Å²) < 4.78 is 55.7. The predicted octanol–water partition coefficient (Wildman–Crippen LogP) is 4.02. The number of hydrogen-bond acceptors (Lipinski definition) is 7. The van der Waals surface area contributed by atoms with Crippen molar-refractivity contribution in [3.8, 4) is 11.5 Å². The number of carbonyl (C=O) groups is 2. The van der Waals surface area contributed by atoms with E-state index < -0.39 is 24.7 Å². The van der Waals surface area contributed by atoms with Crippen LogP contribution in [0, 0.1) is 0 Å². The molecule has 0 bridgehead atoms. The van der Waals surface area contributed by atoms with Crippen molar-refractivity contribution in [1.29, 1.82) is 0 Å². The average Bonchev–Trinajstić information content (AvgIpc) is 3.38. The van der Waals surface area contributed by atoms with Gasteiger partial charge in [0.1, 0.15) is 6.04 Å². The van der Waals surface area contributed by atoms with Gasteiger partial charge in [0, 0.05) is 17.7 Å². The molecule has 8 nitrogen and oxygen atoms in total. The first-order chi connectivity index (χ1) is 15.6. The first-order valence-electron chi connectivity index (χ1n) is 9.60. The minimum atomic E-state index is -4.60. The highest BCUT2D eigenvalue weighted by molar-refractivity contribution is 6.33. The Hall–Kier alpha value is -3.44. The number of carbonyl (C=O) groups excluding carboxylic acids is 2. The van der Waals surface area contributed by atoms with E-state index in [1.165, 1.54) is 31.2 Å². The van der Waals surface area contributed by atoms with Crippen LogP contribution < -0.4 is 25.2 Å². The van der Waals surface area contributed by atoms with E-state index in [1.807, 2.05) is 0 Å². The van der Waals surface area contributed by atoms with Crippen LogP contribution in [0.5, 0.6) is 11.5 Å². The monoisotopic (exact) mass is 483 g/mol. The molecule has 0 saturated carbocycles. The number of nitrogens with zero attached hydrogens (tertiary/aromatic N) is 1. The maximum atomic E-state index is 13.3. The van der Waals surface area contributed by atoms with Gasteiger partial charge in [0.2, 0.25) is 12.7 Å². The molecule has 2 aromatic carbocycles. The number of para-hydroxylation sites is 1. The summed E-state index contributed by atoms with van der Waals surface area (Å²) in [5.41, 5.74) is 2.82. The maximum Gasteiger partial charge on any atom is 0.409 e. The molecule has 2 N–H and O–H groups in total. The van der Waals surface area contributed by atoms with E-state index in [2.05, 4.69) is 10.7 Å². The molecule has 33 heavy (non-hydrogen) atoms. The third kappa shape index (κ3) is 4.83. The van der Waals surface area contributed by atoms with Crippen LogP contribution in [0.4, 0.5) is 24.5 Å². The lowest BCUT2D eigenvalue weighted by molar-refractivity contribution is -0.142. The Balaban J connectivity index is 1.50. The summed E-state index contributed by atoms with van der Waals surface area (Å²) in [4.78, 5) is 24.5. The van der Waals surface area contributed by atoms with Crippen LogP contribution >= 0.6 is 11.6 Å². The van der Waals surface area contributed by atoms with Crippen LogP contribution in [-0.2, 0) is 9.53 Å². The summed E-state index contributed by atoms with van der Waals surface area (Å²) in [6, 6.07) is 7.06. The number of ether oxygens (including phenoxy) is 3. The minimum Gasteiger partial charge on any atom is -0.468 e. The second kappa shape index (κ2) is 8.83. The zero-order chi connectivity index (χ0) is 23.8. The Kier molecular flexibility index (Phi) is 6.09. The fourth-order valence-electron chi connectivity index (χ4n) is 3.22. The number of ketones is 1. The summed E-state index contributed by atoms with van der Waals surface area (Å²) in [7, 11) is 0. The van der Waals surface area contributed by atoms with Gasteiger partial charge in [-0.3, -0.25) is 9.59 Å². The smallest absolute Gasteiger partial charge is 0.409 e. The molecule has 0 aliphatic carbocycles. The molecular formula is C21H17ClF3N3O5. The second-order valence-electron chi connectivity index (χ2n) is 7.08. The fourth-order valence-corrected chi connectivity index (χ4v) is 3.44. The van der Waals surface area contributed by atoms with E-state index in [4.69, 9.17) is 25.8 Å². The van der Waals surface area contributed by atoms with Crippen molar-refractivity contribution < 1.29 is 37.0 Å². The number of amides is 1. The number of alkyl halides is 3. The van der Waals surface area contributed by atoms with Crippen LogP contribution in [0.25, 0.3) is 0 Å². The van der Waals surface area contributed by atoms with Gasteiger partial charge in [-0.25, -0.2) is 10.4 Å². The molecule has 0 spiro atoms. The van der Waals surface area contributed by atoms with Crippen molar-refractivity contribution in [1.82, 2.24) is 5.43 Å². The van der Waals surface area contributed by atoms with Crippen LogP contribution in [0.3, 0.4) is 0 Å². The summed E-state index contributed by atoms with van der Waals surface area (Å²) in [6.45, 7) is 0.662. The molecule has 0 radical (unpaired) electrons. The van der Waals surface area contributed by atoms with E-state index in [9.17, 15) is 22.8 Å². The number of hydrazine groups is 1. The highest BCUT2D eigenvalue weighted by atomic mass is 35.5. The molecule has 1 amide bonds. The summed E-state index contributed by atoms with van der Waals surface area (Å²) >= 11 is 6.12. The number of Topliss-reactive ketones (excluding diaryl/α,β-unsaturated/α-hetero) is 1. The van der Waals surface area contributed by atoms with Crippen LogP contribution in [0.2, 0.25) is 5.02 Å². The Labute approximate surface area is 190 Å². The number of hydrogen-bond donors (Lipinski definition) is 2. The van der Waals surface area contributed by atoms with Crippen LogP contribution in [-0.4, -0.2) is 37.3 Å². The fraction of sp³-hybridized carbons (Fsp3) is 0.238. The highest BCUT2D eigenvalue weighted by Gasteiger charge is 2.44. The van der Waals surface area contributed by atoms with Crippen molar-refractivity contribution in [2.75, 3.05) is 23.7 Å². The van der Waals surface area contributed by atoms with E-state index in [-0.39, 0.29) is 40.4 Å². The Bertz CT molecular complexity index is 1140. The lowest BCUT2D eigenvalue weighted by Gasteiger charge is -2.25. The molecule has 2 aromatic rings. The number of anilines is 2. The number of benzene rings is 2. The molecule has 2 heterocycles. The van der Waals surface area contributed by atoms with E-state index >= 15 is 0 Å². The van der Waals surface area contributed by atoms with Crippen molar-refractivity contribution in [3.63, 3.8) is 0 Å². The third-order valence-electron chi connectivity index (χ3n) is 4.76. The van der Waals surface area contributed by atoms with Crippen LogP contribution in [0.1, 0.15) is 17.3 Å². The van der Waals surface area contributed by atoms with Gasteiger partial charge < -0.3 is 19.5 Å².